The van der Waals surface area contributed by atoms with Crippen LogP contribution in [0.15, 0.2) is 42.7 Å². The van der Waals surface area contributed by atoms with Gasteiger partial charge in [-0.1, -0.05) is 12.1 Å². The lowest BCUT2D eigenvalue weighted by Gasteiger charge is -2.38. The number of nitrogens with one attached hydrogen (secondary N) is 1. The molecule has 21 heavy (non-hydrogen) atoms. The molecule has 3 nitrogen and oxygen atoms in total. The zero-order valence-corrected chi connectivity index (χ0v) is 12.9. The number of fused-ring (bicyclic) bond motifs is 1. The molecule has 1 aromatic heterocycles. The maximum absolute atomic E-state index is 6.13. The lowest BCUT2D eigenvalue weighted by atomic mass is 9.89. The van der Waals surface area contributed by atoms with Crippen LogP contribution in [0, 0.1) is 6.92 Å². The molecule has 1 N–H and O–H groups in total. The van der Waals surface area contributed by atoms with E-state index in [9.17, 15) is 0 Å². The quantitative estimate of drug-likeness (QED) is 0.930. The van der Waals surface area contributed by atoms with Crippen molar-refractivity contribution in [2.24, 2.45) is 0 Å². The molecule has 0 spiro atoms. The normalized spacial score (nSPS) is 19.7. The van der Waals surface area contributed by atoms with Gasteiger partial charge in [-0.3, -0.25) is 4.98 Å². The molecule has 2 heterocycles. The van der Waals surface area contributed by atoms with Gasteiger partial charge in [0.2, 0.25) is 0 Å². The Morgan fingerprint density at radius 2 is 2.00 bits per heavy atom. The van der Waals surface area contributed by atoms with E-state index >= 15 is 0 Å². The lowest BCUT2D eigenvalue weighted by molar-refractivity contribution is 0.0656. The van der Waals surface area contributed by atoms with Crippen molar-refractivity contribution in [2.45, 2.75) is 45.4 Å². The summed E-state index contributed by atoms with van der Waals surface area (Å²) in [6.45, 7) is 7.25. The summed E-state index contributed by atoms with van der Waals surface area (Å²) in [6, 6.07) is 10.9. The van der Waals surface area contributed by atoms with Crippen LogP contribution in [0.1, 0.15) is 43.0 Å². The molecule has 0 saturated carbocycles. The molecule has 1 aliphatic rings. The summed E-state index contributed by atoms with van der Waals surface area (Å²) in [6.07, 6.45) is 4.64. The number of hydrogen-bond acceptors (Lipinski definition) is 3. The second-order valence-electron chi connectivity index (χ2n) is 6.40. The molecule has 1 aromatic carbocycles. The molecule has 3 rings (SSSR count). The Morgan fingerprint density at radius 3 is 2.76 bits per heavy atom. The Labute approximate surface area is 126 Å². The van der Waals surface area contributed by atoms with Crippen LogP contribution in [0.25, 0.3) is 0 Å². The molecule has 1 atom stereocenters. The second-order valence-corrected chi connectivity index (χ2v) is 6.40. The van der Waals surface area contributed by atoms with Gasteiger partial charge >= 0.3 is 0 Å². The van der Waals surface area contributed by atoms with Crippen molar-refractivity contribution < 1.29 is 4.74 Å². The summed E-state index contributed by atoms with van der Waals surface area (Å²) in [5, 5.41) is 3.66. The Bertz CT molecular complexity index is 622. The highest BCUT2D eigenvalue weighted by Crippen LogP contribution is 2.39. The summed E-state index contributed by atoms with van der Waals surface area (Å²) >= 11 is 0. The monoisotopic (exact) mass is 282 g/mol. The summed E-state index contributed by atoms with van der Waals surface area (Å²) in [7, 11) is 0. The van der Waals surface area contributed by atoms with Crippen LogP contribution in [0.4, 0.5) is 0 Å². The van der Waals surface area contributed by atoms with E-state index in [0.717, 1.165) is 18.7 Å². The number of hydrogen-bond donors (Lipinski definition) is 1. The molecule has 0 amide bonds. The fourth-order valence-electron chi connectivity index (χ4n) is 2.88. The maximum Gasteiger partial charge on any atom is 0.125 e. The van der Waals surface area contributed by atoms with Crippen molar-refractivity contribution in [1.82, 2.24) is 10.3 Å². The first-order valence-corrected chi connectivity index (χ1v) is 7.45. The first-order chi connectivity index (χ1) is 10.0. The third-order valence-corrected chi connectivity index (χ3v) is 3.93. The molecule has 1 unspecified atom stereocenters. The van der Waals surface area contributed by atoms with E-state index < -0.39 is 0 Å². The highest BCUT2D eigenvalue weighted by atomic mass is 16.5. The first kappa shape index (κ1) is 14.1. The van der Waals surface area contributed by atoms with Crippen molar-refractivity contribution in [2.75, 3.05) is 0 Å². The highest BCUT2D eigenvalue weighted by molar-refractivity contribution is 5.41. The van der Waals surface area contributed by atoms with Crippen molar-refractivity contribution in [3.8, 4) is 5.75 Å². The molecule has 0 radical (unpaired) electrons. The van der Waals surface area contributed by atoms with Crippen LogP contribution in [0.3, 0.4) is 0 Å². The summed E-state index contributed by atoms with van der Waals surface area (Å²) < 4.78 is 6.13. The maximum atomic E-state index is 6.13. The summed E-state index contributed by atoms with van der Waals surface area (Å²) in [4.78, 5) is 4.06. The number of ether oxygens (including phenoxy) is 1. The van der Waals surface area contributed by atoms with Gasteiger partial charge in [0.1, 0.15) is 11.4 Å². The number of nitrogens with zero attached hydrogens (tertiary/aromatic N) is 1. The molecule has 1 aliphatic heterocycles. The van der Waals surface area contributed by atoms with Crippen LogP contribution < -0.4 is 10.1 Å². The number of benzene rings is 1. The topological polar surface area (TPSA) is 34.1 Å². The molecular formula is C18H22N2O. The smallest absolute Gasteiger partial charge is 0.125 e. The van der Waals surface area contributed by atoms with Crippen LogP contribution >= 0.6 is 0 Å². The summed E-state index contributed by atoms with van der Waals surface area (Å²) in [5.41, 5.74) is 3.60. The minimum Gasteiger partial charge on any atom is -0.487 e. The molecule has 0 aliphatic carbocycles. The van der Waals surface area contributed by atoms with Gasteiger partial charge in [-0.2, -0.15) is 0 Å². The zero-order chi connectivity index (χ0) is 14.9. The van der Waals surface area contributed by atoms with Gasteiger partial charge in [0.15, 0.2) is 0 Å². The summed E-state index contributed by atoms with van der Waals surface area (Å²) in [5.74, 6) is 1.01. The third kappa shape index (κ3) is 3.24. The lowest BCUT2D eigenvalue weighted by Crippen LogP contribution is -2.39. The molecule has 0 fully saturated rings. The van der Waals surface area contributed by atoms with Gasteiger partial charge < -0.3 is 10.1 Å². The Morgan fingerprint density at radius 1 is 1.24 bits per heavy atom. The standard InChI is InChI=1S/C18H22N2O/c1-13-4-5-15-16(11-18(2,3)21-17(15)10-13)20-12-14-6-8-19-9-7-14/h4-10,16,20H,11-12H2,1-3H3. The minimum absolute atomic E-state index is 0.142. The molecule has 110 valence electrons. The Balaban J connectivity index is 1.82. The van der Waals surface area contributed by atoms with E-state index in [-0.39, 0.29) is 5.60 Å². The number of aryl methyl sites for hydroxylation is 1. The second kappa shape index (κ2) is 5.49. The third-order valence-electron chi connectivity index (χ3n) is 3.93. The van der Waals surface area contributed by atoms with E-state index in [2.05, 4.69) is 49.3 Å². The van der Waals surface area contributed by atoms with Crippen LogP contribution in [-0.4, -0.2) is 10.6 Å². The fraction of sp³-hybridized carbons (Fsp3) is 0.389. The van der Waals surface area contributed by atoms with Gasteiger partial charge in [0.05, 0.1) is 0 Å². The first-order valence-electron chi connectivity index (χ1n) is 7.45. The van der Waals surface area contributed by atoms with Crippen LogP contribution in [0.2, 0.25) is 0 Å². The van der Waals surface area contributed by atoms with Crippen molar-refractivity contribution in [3.05, 3.63) is 59.4 Å². The zero-order valence-electron chi connectivity index (χ0n) is 12.9. The average molecular weight is 282 g/mol. The molecule has 2 aromatic rings. The molecular weight excluding hydrogens is 260 g/mol. The van der Waals surface area contributed by atoms with Gasteiger partial charge in [-0.15, -0.1) is 0 Å². The fourth-order valence-corrected chi connectivity index (χ4v) is 2.88. The van der Waals surface area contributed by atoms with E-state index in [0.29, 0.717) is 6.04 Å². The number of pyridine rings is 1. The van der Waals surface area contributed by atoms with Gasteiger partial charge in [-0.25, -0.2) is 0 Å². The number of aromatic nitrogens is 1. The Kier molecular flexibility index (Phi) is 3.68. The van der Waals surface area contributed by atoms with Crippen LogP contribution in [-0.2, 0) is 6.54 Å². The van der Waals surface area contributed by atoms with E-state index in [4.69, 9.17) is 4.74 Å². The largest absolute Gasteiger partial charge is 0.487 e. The van der Waals surface area contributed by atoms with Crippen LogP contribution in [0.5, 0.6) is 5.75 Å². The molecule has 3 heteroatoms. The van der Waals surface area contributed by atoms with Gasteiger partial charge in [0, 0.05) is 37.0 Å². The van der Waals surface area contributed by atoms with Gasteiger partial charge in [0.25, 0.3) is 0 Å². The van der Waals surface area contributed by atoms with E-state index in [1.807, 2.05) is 24.5 Å². The minimum atomic E-state index is -0.142. The van der Waals surface area contributed by atoms with Crippen molar-refractivity contribution >= 4 is 0 Å². The SMILES string of the molecule is Cc1ccc2c(c1)OC(C)(C)CC2NCc1ccncc1. The van der Waals surface area contributed by atoms with Crippen molar-refractivity contribution in [3.63, 3.8) is 0 Å². The molecule has 0 bridgehead atoms. The van der Waals surface area contributed by atoms with Crippen molar-refractivity contribution in [1.29, 1.82) is 0 Å². The highest BCUT2D eigenvalue weighted by Gasteiger charge is 2.33. The average Bonchev–Trinajstić information content (AvgIpc) is 2.44. The number of rotatable bonds is 3. The predicted molar refractivity (Wildman–Crippen MR) is 84.3 cm³/mol. The molecule has 0 saturated heterocycles. The Hall–Kier alpha value is -1.87. The van der Waals surface area contributed by atoms with E-state index in [1.165, 1.54) is 16.7 Å². The van der Waals surface area contributed by atoms with E-state index in [1.54, 1.807) is 0 Å². The van der Waals surface area contributed by atoms with Gasteiger partial charge in [-0.05, 0) is 50.1 Å². The predicted octanol–water partition coefficient (Wildman–Crippen LogP) is 3.78.